The number of methoxy groups -OCH3 is 2. The third-order valence-electron chi connectivity index (χ3n) is 6.48. The highest BCUT2D eigenvalue weighted by Crippen LogP contribution is 2.47. The number of nitrogens with one attached hydrogen (secondary N) is 2. The summed E-state index contributed by atoms with van der Waals surface area (Å²) >= 11 is 0. The molecule has 164 valence electrons. The van der Waals surface area contributed by atoms with Gasteiger partial charge in [-0.05, 0) is 50.6 Å². The van der Waals surface area contributed by atoms with Crippen LogP contribution in [0.5, 0.6) is 0 Å². The second kappa shape index (κ2) is 8.59. The number of ether oxygens (including phenoxy) is 2. The number of amides is 2. The molecule has 2 N–H and O–H groups in total. The van der Waals surface area contributed by atoms with Gasteiger partial charge in [-0.25, -0.2) is 0 Å². The molecule has 1 saturated heterocycles. The Labute approximate surface area is 182 Å². The first-order chi connectivity index (χ1) is 15.0. The van der Waals surface area contributed by atoms with Crippen LogP contribution in [-0.2, 0) is 25.5 Å². The van der Waals surface area contributed by atoms with Gasteiger partial charge in [0, 0.05) is 23.6 Å². The lowest BCUT2D eigenvalue weighted by molar-refractivity contribution is -0.127. The minimum Gasteiger partial charge on any atom is -0.496 e. The molecule has 4 rings (SSSR count). The van der Waals surface area contributed by atoms with Gasteiger partial charge < -0.3 is 19.4 Å². The zero-order valence-electron chi connectivity index (χ0n) is 18.2. The Kier molecular flexibility index (Phi) is 5.87. The molecule has 2 atom stereocenters. The van der Waals surface area contributed by atoms with Crippen molar-refractivity contribution >= 4 is 22.7 Å². The number of allylic oxidation sites excluding steroid dienone is 1. The molecule has 2 amide bonds. The summed E-state index contributed by atoms with van der Waals surface area (Å²) in [4.78, 5) is 30.9. The number of hydrogen-bond donors (Lipinski definition) is 2. The van der Waals surface area contributed by atoms with Crippen LogP contribution in [0.15, 0.2) is 54.1 Å². The third-order valence-corrected chi connectivity index (χ3v) is 6.48. The van der Waals surface area contributed by atoms with Crippen molar-refractivity contribution in [3.63, 3.8) is 0 Å². The number of likely N-dealkylation sites (N-methyl/N-ethyl adjacent to an activating group) is 1. The highest BCUT2D eigenvalue weighted by molar-refractivity contribution is 6.10. The van der Waals surface area contributed by atoms with Crippen molar-refractivity contribution in [2.75, 3.05) is 34.4 Å². The number of benzene rings is 1. The second-order valence-electron chi connectivity index (χ2n) is 8.28. The standard InChI is InChI=1S/C24H29N3O4/c1-27(14-10-16-15-25-18-8-5-4-7-17(16)18)13-6-11-24-12-9-19(30-2)21(31-3)20(24)22(28)26-23(24)29/h4-5,7-9,12,15,20,25H,6,10-11,13-14H2,1-3H3,(H,26,28,29). The Morgan fingerprint density at radius 3 is 2.71 bits per heavy atom. The van der Waals surface area contributed by atoms with Crippen LogP contribution in [0.2, 0.25) is 0 Å². The SMILES string of the molecule is COC1=C(OC)C2C(=O)NC(=O)C2(CCCN(C)CCc2c[nH]c3ccccc23)C=C1. The van der Waals surface area contributed by atoms with E-state index < -0.39 is 11.3 Å². The fraction of sp³-hybridized carbons (Fsp3) is 0.417. The van der Waals surface area contributed by atoms with Gasteiger partial charge in [0.2, 0.25) is 11.8 Å². The van der Waals surface area contributed by atoms with Crippen LogP contribution in [-0.4, -0.2) is 56.1 Å². The zero-order valence-corrected chi connectivity index (χ0v) is 18.2. The molecule has 2 aliphatic rings. The van der Waals surface area contributed by atoms with Crippen molar-refractivity contribution < 1.29 is 19.1 Å². The van der Waals surface area contributed by atoms with Crippen LogP contribution >= 0.6 is 0 Å². The van der Waals surface area contributed by atoms with Crippen molar-refractivity contribution in [1.82, 2.24) is 15.2 Å². The number of carbonyl (C=O) groups is 2. The summed E-state index contributed by atoms with van der Waals surface area (Å²) in [6, 6.07) is 8.32. The van der Waals surface area contributed by atoms with Crippen molar-refractivity contribution in [2.45, 2.75) is 19.3 Å². The summed E-state index contributed by atoms with van der Waals surface area (Å²) in [6.07, 6.45) is 7.92. The average molecular weight is 424 g/mol. The molecular formula is C24H29N3O4. The van der Waals surface area contributed by atoms with Crippen LogP contribution in [0.3, 0.4) is 0 Å². The number of rotatable bonds is 9. The Morgan fingerprint density at radius 1 is 1.13 bits per heavy atom. The number of para-hydroxylation sites is 1. The predicted molar refractivity (Wildman–Crippen MR) is 118 cm³/mol. The van der Waals surface area contributed by atoms with Crippen molar-refractivity contribution in [1.29, 1.82) is 0 Å². The maximum absolute atomic E-state index is 12.8. The van der Waals surface area contributed by atoms with Crippen LogP contribution in [0.25, 0.3) is 10.9 Å². The number of carbonyl (C=O) groups excluding carboxylic acids is 2. The van der Waals surface area contributed by atoms with Crippen LogP contribution < -0.4 is 5.32 Å². The maximum atomic E-state index is 12.8. The van der Waals surface area contributed by atoms with Gasteiger partial charge in [0.25, 0.3) is 0 Å². The van der Waals surface area contributed by atoms with E-state index in [0.29, 0.717) is 17.9 Å². The van der Waals surface area contributed by atoms with Gasteiger partial charge in [-0.15, -0.1) is 0 Å². The molecule has 2 aromatic rings. The van der Waals surface area contributed by atoms with Crippen molar-refractivity contribution in [3.8, 4) is 0 Å². The monoisotopic (exact) mass is 423 g/mol. The van der Waals surface area contributed by atoms with Gasteiger partial charge in [0.05, 0.1) is 19.6 Å². The predicted octanol–water partition coefficient (Wildman–Crippen LogP) is 2.76. The van der Waals surface area contributed by atoms with Crippen LogP contribution in [0, 0.1) is 11.3 Å². The Hall–Kier alpha value is -3.06. The van der Waals surface area contributed by atoms with Crippen LogP contribution in [0.4, 0.5) is 0 Å². The van der Waals surface area contributed by atoms with Gasteiger partial charge in [0.1, 0.15) is 5.92 Å². The Bertz CT molecular complexity index is 1050. The second-order valence-corrected chi connectivity index (χ2v) is 8.28. The van der Waals surface area contributed by atoms with Gasteiger partial charge in [-0.3, -0.25) is 14.9 Å². The first-order valence-corrected chi connectivity index (χ1v) is 10.6. The molecule has 2 unspecified atom stereocenters. The highest BCUT2D eigenvalue weighted by Gasteiger charge is 2.57. The molecular weight excluding hydrogens is 394 g/mol. The van der Waals surface area contributed by atoms with Crippen molar-refractivity contribution in [3.05, 3.63) is 59.7 Å². The minimum atomic E-state index is -0.915. The molecule has 0 saturated carbocycles. The number of nitrogens with zero attached hydrogens (tertiary/aromatic N) is 1. The van der Waals surface area contributed by atoms with Gasteiger partial charge in [-0.1, -0.05) is 24.3 Å². The quantitative estimate of drug-likeness (QED) is 0.606. The number of fused-ring (bicyclic) bond motifs is 2. The third kappa shape index (κ3) is 3.74. The number of aromatic amines is 1. The minimum absolute atomic E-state index is 0.259. The fourth-order valence-electron chi connectivity index (χ4n) is 4.77. The molecule has 1 aromatic carbocycles. The van der Waals surface area contributed by atoms with Crippen molar-refractivity contribution in [2.24, 2.45) is 11.3 Å². The van der Waals surface area contributed by atoms with Crippen LogP contribution in [0.1, 0.15) is 18.4 Å². The topological polar surface area (TPSA) is 83.7 Å². The van der Waals surface area contributed by atoms with E-state index in [0.717, 1.165) is 31.4 Å². The molecule has 0 radical (unpaired) electrons. The first kappa shape index (κ1) is 21.2. The molecule has 1 aromatic heterocycles. The lowest BCUT2D eigenvalue weighted by Crippen LogP contribution is -2.37. The molecule has 7 nitrogen and oxygen atoms in total. The maximum Gasteiger partial charge on any atom is 0.238 e. The smallest absolute Gasteiger partial charge is 0.238 e. The van der Waals surface area contributed by atoms with E-state index in [-0.39, 0.29) is 11.8 Å². The van der Waals surface area contributed by atoms with E-state index in [1.165, 1.54) is 25.2 Å². The molecule has 7 heteroatoms. The molecule has 2 heterocycles. The zero-order chi connectivity index (χ0) is 22.0. The summed E-state index contributed by atoms with van der Waals surface area (Å²) in [7, 11) is 5.12. The van der Waals surface area contributed by atoms with E-state index in [1.807, 2.05) is 12.1 Å². The number of hydrogen-bond acceptors (Lipinski definition) is 5. The molecule has 0 bridgehead atoms. The van der Waals surface area contributed by atoms with Gasteiger partial charge >= 0.3 is 0 Å². The van der Waals surface area contributed by atoms with Gasteiger partial charge in [-0.2, -0.15) is 0 Å². The molecule has 1 fully saturated rings. The summed E-state index contributed by atoms with van der Waals surface area (Å²) in [5.41, 5.74) is 1.55. The number of H-pyrrole nitrogens is 1. The Balaban J connectivity index is 1.38. The number of aromatic nitrogens is 1. The number of imide groups is 1. The van der Waals surface area contributed by atoms with E-state index in [9.17, 15) is 9.59 Å². The highest BCUT2D eigenvalue weighted by atomic mass is 16.5. The molecule has 1 aliphatic carbocycles. The van der Waals surface area contributed by atoms with E-state index in [4.69, 9.17) is 9.47 Å². The molecule has 31 heavy (non-hydrogen) atoms. The fourth-order valence-corrected chi connectivity index (χ4v) is 4.77. The Morgan fingerprint density at radius 2 is 1.94 bits per heavy atom. The van der Waals surface area contributed by atoms with E-state index >= 15 is 0 Å². The summed E-state index contributed by atoms with van der Waals surface area (Å²) < 4.78 is 10.8. The molecule has 1 aliphatic heterocycles. The lowest BCUT2D eigenvalue weighted by atomic mass is 9.70. The molecule has 0 spiro atoms. The average Bonchev–Trinajstić information content (AvgIpc) is 3.30. The summed E-state index contributed by atoms with van der Waals surface area (Å²) in [5.74, 6) is -0.357. The first-order valence-electron chi connectivity index (χ1n) is 10.6. The summed E-state index contributed by atoms with van der Waals surface area (Å²) in [6.45, 7) is 1.74. The largest absolute Gasteiger partial charge is 0.496 e. The normalized spacial score (nSPS) is 22.9. The lowest BCUT2D eigenvalue weighted by Gasteiger charge is -2.33. The van der Waals surface area contributed by atoms with E-state index in [1.54, 1.807) is 6.08 Å². The van der Waals surface area contributed by atoms with Gasteiger partial charge in [0.15, 0.2) is 11.5 Å². The van der Waals surface area contributed by atoms with E-state index in [2.05, 4.69) is 46.6 Å². The summed E-state index contributed by atoms with van der Waals surface area (Å²) in [5, 5.41) is 3.75.